The van der Waals surface area contributed by atoms with Crippen molar-refractivity contribution in [3.63, 3.8) is 0 Å². The second-order valence-electron chi connectivity index (χ2n) is 9.61. The molecule has 1 spiro atoms. The van der Waals surface area contributed by atoms with E-state index < -0.39 is 47.7 Å². The number of esters is 1. The molecule has 2 aromatic rings. The average molecular weight is 581 g/mol. The van der Waals surface area contributed by atoms with E-state index in [2.05, 4.69) is 4.90 Å². The first-order chi connectivity index (χ1) is 19.0. The van der Waals surface area contributed by atoms with Gasteiger partial charge in [0, 0.05) is 56.1 Å². The number of halogens is 4. The Kier molecular flexibility index (Phi) is 7.65. The number of ether oxygens (including phenoxy) is 3. The minimum atomic E-state index is -4.50. The molecule has 3 heterocycles. The summed E-state index contributed by atoms with van der Waals surface area (Å²) in [5.41, 5.74) is -1.26. The number of piperidine rings is 1. The van der Waals surface area contributed by atoms with Gasteiger partial charge in [0.05, 0.1) is 5.56 Å². The van der Waals surface area contributed by atoms with Crippen LogP contribution in [0.25, 0.3) is 0 Å². The second-order valence-corrected chi connectivity index (χ2v) is 10.0. The van der Waals surface area contributed by atoms with E-state index in [1.54, 1.807) is 24.3 Å². The summed E-state index contributed by atoms with van der Waals surface area (Å²) < 4.78 is 56.7. The van der Waals surface area contributed by atoms with E-state index in [1.165, 1.54) is 12.1 Å². The van der Waals surface area contributed by atoms with Crippen LogP contribution in [-0.2, 0) is 30.1 Å². The van der Waals surface area contributed by atoms with E-state index in [9.17, 15) is 27.6 Å². The number of rotatable bonds is 6. The third-order valence-electron chi connectivity index (χ3n) is 7.00. The van der Waals surface area contributed by atoms with Crippen LogP contribution in [0.15, 0.2) is 60.7 Å². The Morgan fingerprint density at radius 2 is 1.73 bits per heavy atom. The fraction of sp³-hybridized carbons (Fsp3) is 0.370. The summed E-state index contributed by atoms with van der Waals surface area (Å²) in [4.78, 5) is 43.4. The number of alkyl halides is 3. The lowest BCUT2D eigenvalue weighted by Gasteiger charge is -2.40. The Labute approximate surface area is 231 Å². The number of amides is 1. The van der Waals surface area contributed by atoms with Gasteiger partial charge < -0.3 is 23.9 Å². The molecule has 212 valence electrons. The number of nitrogens with zero attached hydrogens (tertiary/aromatic N) is 2. The minimum Gasteiger partial charge on any atom is -0.486 e. The topological polar surface area (TPSA) is 94.6 Å². The maximum absolute atomic E-state index is 13.2. The van der Waals surface area contributed by atoms with Gasteiger partial charge in [-0.3, -0.25) is 0 Å². The monoisotopic (exact) mass is 580 g/mol. The van der Waals surface area contributed by atoms with Gasteiger partial charge in [-0.2, -0.15) is 13.2 Å². The van der Waals surface area contributed by atoms with E-state index in [4.69, 9.17) is 30.6 Å². The molecule has 2 atom stereocenters. The lowest BCUT2D eigenvalue weighted by atomic mass is 9.89. The molecule has 2 saturated heterocycles. The number of likely N-dealkylation sites (tertiary alicyclic amines) is 1. The van der Waals surface area contributed by atoms with Crippen LogP contribution >= 0.6 is 11.6 Å². The number of hydrogen-bond acceptors (Lipinski definition) is 8. The molecule has 1 amide bonds. The molecule has 9 nitrogen and oxygen atoms in total. The van der Waals surface area contributed by atoms with Crippen molar-refractivity contribution in [3.05, 3.63) is 76.8 Å². The SMILES string of the molecule is O=C1/C=C/C(=O)ON2C(=O)OC3(CCN(CC[C@H](Oc4cccc(C(F)(F)F)c4)c4ccc(Cl)cc4)CC3)C2O1. The number of carbonyl (C=O) groups excluding carboxylic acids is 3. The van der Waals surface area contributed by atoms with Gasteiger partial charge in [-0.05, 0) is 35.9 Å². The highest BCUT2D eigenvalue weighted by Gasteiger charge is 2.59. The molecule has 2 fully saturated rings. The Bertz CT molecular complexity index is 1310. The average Bonchev–Trinajstić information content (AvgIpc) is 3.14. The van der Waals surface area contributed by atoms with Gasteiger partial charge in [0.15, 0.2) is 5.60 Å². The molecule has 13 heteroatoms. The first-order valence-corrected chi connectivity index (χ1v) is 12.8. The Hall–Kier alpha value is -3.77. The first kappa shape index (κ1) is 27.8. The smallest absolute Gasteiger partial charge is 0.447 e. The van der Waals surface area contributed by atoms with Crippen LogP contribution in [-0.4, -0.2) is 59.5 Å². The zero-order valence-electron chi connectivity index (χ0n) is 20.9. The van der Waals surface area contributed by atoms with Crippen molar-refractivity contribution >= 4 is 29.6 Å². The number of hydrogen-bond donors (Lipinski definition) is 0. The molecular weight excluding hydrogens is 557 g/mol. The first-order valence-electron chi connectivity index (χ1n) is 12.5. The van der Waals surface area contributed by atoms with E-state index in [0.29, 0.717) is 36.1 Å². The number of fused-ring (bicyclic) bond motifs is 2. The molecule has 0 N–H and O–H groups in total. The molecule has 3 aliphatic heterocycles. The van der Waals surface area contributed by atoms with E-state index in [-0.39, 0.29) is 18.6 Å². The molecule has 1 unspecified atom stereocenters. The van der Waals surface area contributed by atoms with Gasteiger partial charge in [-0.1, -0.05) is 34.9 Å². The number of benzene rings is 2. The highest BCUT2D eigenvalue weighted by atomic mass is 35.5. The summed E-state index contributed by atoms with van der Waals surface area (Å²) in [6, 6.07) is 11.6. The summed E-state index contributed by atoms with van der Waals surface area (Å²) in [7, 11) is 0. The zero-order chi connectivity index (χ0) is 28.5. The highest BCUT2D eigenvalue weighted by molar-refractivity contribution is 6.30. The van der Waals surface area contributed by atoms with Gasteiger partial charge in [0.25, 0.3) is 6.23 Å². The molecule has 40 heavy (non-hydrogen) atoms. The summed E-state index contributed by atoms with van der Waals surface area (Å²) in [6.07, 6.45) is -4.45. The van der Waals surface area contributed by atoms with Crippen LogP contribution in [0, 0.1) is 0 Å². The maximum atomic E-state index is 13.2. The quantitative estimate of drug-likeness (QED) is 0.438. The van der Waals surface area contributed by atoms with Crippen molar-refractivity contribution in [2.75, 3.05) is 19.6 Å². The molecule has 5 rings (SSSR count). The third kappa shape index (κ3) is 6.02. The highest BCUT2D eigenvalue weighted by Crippen LogP contribution is 2.40. The molecule has 0 bridgehead atoms. The fourth-order valence-corrected chi connectivity index (χ4v) is 5.04. The van der Waals surface area contributed by atoms with Crippen molar-refractivity contribution in [3.8, 4) is 5.75 Å². The lowest BCUT2D eigenvalue weighted by Crippen LogP contribution is -2.54. The van der Waals surface area contributed by atoms with Gasteiger partial charge in [0.2, 0.25) is 0 Å². The summed E-state index contributed by atoms with van der Waals surface area (Å²) in [5, 5.41) is 1.16. The molecule has 0 radical (unpaired) electrons. The van der Waals surface area contributed by atoms with Crippen molar-refractivity contribution in [2.24, 2.45) is 0 Å². The van der Waals surface area contributed by atoms with Crippen molar-refractivity contribution in [1.82, 2.24) is 9.96 Å². The van der Waals surface area contributed by atoms with E-state index in [1.807, 2.05) is 0 Å². The molecule has 0 aromatic heterocycles. The van der Waals surface area contributed by atoms with Crippen molar-refractivity contribution in [2.45, 2.75) is 43.4 Å². The molecule has 2 aromatic carbocycles. The van der Waals surface area contributed by atoms with Crippen LogP contribution in [0.3, 0.4) is 0 Å². The van der Waals surface area contributed by atoms with Crippen LogP contribution in [0.2, 0.25) is 5.02 Å². The third-order valence-corrected chi connectivity index (χ3v) is 7.25. The van der Waals surface area contributed by atoms with Crippen LogP contribution in [0.5, 0.6) is 5.75 Å². The van der Waals surface area contributed by atoms with Gasteiger partial charge in [-0.25, -0.2) is 14.4 Å². The van der Waals surface area contributed by atoms with Crippen molar-refractivity contribution in [1.29, 1.82) is 0 Å². The van der Waals surface area contributed by atoms with Gasteiger partial charge >= 0.3 is 24.2 Å². The lowest BCUT2D eigenvalue weighted by molar-refractivity contribution is -0.222. The largest absolute Gasteiger partial charge is 0.486 e. The predicted molar refractivity (Wildman–Crippen MR) is 133 cm³/mol. The maximum Gasteiger partial charge on any atom is 0.447 e. The molecular formula is C27H24ClF3N2O7. The Morgan fingerprint density at radius 3 is 2.42 bits per heavy atom. The minimum absolute atomic E-state index is 0.0834. The Balaban J connectivity index is 1.26. The van der Waals surface area contributed by atoms with Gasteiger partial charge in [0.1, 0.15) is 11.9 Å². The van der Waals surface area contributed by atoms with Crippen molar-refractivity contribution < 1.29 is 46.6 Å². The van der Waals surface area contributed by atoms with E-state index in [0.717, 1.165) is 29.8 Å². The number of hydroxylamine groups is 2. The number of carbonyl (C=O) groups is 3. The van der Waals surface area contributed by atoms with Gasteiger partial charge in [-0.15, -0.1) is 0 Å². The van der Waals surface area contributed by atoms with Crippen LogP contribution in [0.4, 0.5) is 18.0 Å². The summed E-state index contributed by atoms with van der Waals surface area (Å²) in [6.45, 7) is 1.38. The predicted octanol–water partition coefficient (Wildman–Crippen LogP) is 5.05. The second kappa shape index (κ2) is 11.0. The standard InChI is InChI=1S/C27H24ClF3N2O7/c28-19-6-4-17(5-7-19)21(37-20-3-1-2-18(16-20)27(29,30)31)10-13-32-14-11-26(12-15-32)24-33(25(36)39-26)40-23(35)9-8-22(34)38-24/h1-9,16,21,24H,10-15H2/b9-8+/t21-,24?/m0/s1. The summed E-state index contributed by atoms with van der Waals surface area (Å²) >= 11 is 6.02. The fourth-order valence-electron chi connectivity index (χ4n) is 4.92. The van der Waals surface area contributed by atoms with Crippen LogP contribution < -0.4 is 4.74 Å². The normalized spacial score (nSPS) is 22.4. The van der Waals surface area contributed by atoms with E-state index >= 15 is 0 Å². The molecule has 0 aliphatic carbocycles. The zero-order valence-corrected chi connectivity index (χ0v) is 21.7. The van der Waals surface area contributed by atoms with Crippen LogP contribution in [0.1, 0.15) is 36.5 Å². The summed E-state index contributed by atoms with van der Waals surface area (Å²) in [5.74, 6) is -1.62. The Morgan fingerprint density at radius 1 is 1.02 bits per heavy atom. The molecule has 0 saturated carbocycles. The molecule has 3 aliphatic rings.